The van der Waals surface area contributed by atoms with E-state index in [1.807, 2.05) is 0 Å². The van der Waals surface area contributed by atoms with Gasteiger partial charge in [-0.05, 0) is 18.4 Å². The van der Waals surface area contributed by atoms with Crippen LogP contribution in [0, 0.1) is 10.1 Å². The SMILES string of the molecule is CCC(O)Cc1ccc([N+](=O)[O-])cc1C(F)(F)F. The van der Waals surface area contributed by atoms with Gasteiger partial charge in [0.2, 0.25) is 0 Å². The molecule has 0 amide bonds. The molecule has 0 fully saturated rings. The Balaban J connectivity index is 3.21. The number of hydrogen-bond acceptors (Lipinski definition) is 3. The zero-order valence-electron chi connectivity index (χ0n) is 9.57. The quantitative estimate of drug-likeness (QED) is 0.671. The molecule has 18 heavy (non-hydrogen) atoms. The van der Waals surface area contributed by atoms with E-state index in [-0.39, 0.29) is 12.0 Å². The first-order valence-corrected chi connectivity index (χ1v) is 5.28. The summed E-state index contributed by atoms with van der Waals surface area (Å²) in [6.07, 6.45) is -5.43. The van der Waals surface area contributed by atoms with Crippen LogP contribution in [0.3, 0.4) is 0 Å². The lowest BCUT2D eigenvalue weighted by molar-refractivity contribution is -0.385. The summed E-state index contributed by atoms with van der Waals surface area (Å²) in [6, 6.07) is 2.55. The fourth-order valence-corrected chi connectivity index (χ4v) is 1.52. The minimum atomic E-state index is -4.67. The van der Waals surface area contributed by atoms with Crippen LogP contribution < -0.4 is 0 Å². The highest BCUT2D eigenvalue weighted by Gasteiger charge is 2.35. The third-order valence-corrected chi connectivity index (χ3v) is 2.54. The highest BCUT2D eigenvalue weighted by atomic mass is 19.4. The van der Waals surface area contributed by atoms with Crippen molar-refractivity contribution < 1.29 is 23.2 Å². The Morgan fingerprint density at radius 1 is 1.44 bits per heavy atom. The molecule has 4 nitrogen and oxygen atoms in total. The van der Waals surface area contributed by atoms with Gasteiger partial charge in [0.05, 0.1) is 16.6 Å². The predicted octanol–water partition coefficient (Wildman–Crippen LogP) is 2.93. The molecule has 0 aliphatic heterocycles. The van der Waals surface area contributed by atoms with Crippen molar-refractivity contribution in [1.82, 2.24) is 0 Å². The molecule has 7 heteroatoms. The molecular weight excluding hydrogens is 251 g/mol. The van der Waals surface area contributed by atoms with E-state index in [1.54, 1.807) is 6.92 Å². The second-order valence-corrected chi connectivity index (χ2v) is 3.86. The Bertz CT molecular complexity index is 446. The fraction of sp³-hybridized carbons (Fsp3) is 0.455. The van der Waals surface area contributed by atoms with Gasteiger partial charge in [-0.2, -0.15) is 13.2 Å². The molecule has 1 N–H and O–H groups in total. The van der Waals surface area contributed by atoms with Gasteiger partial charge >= 0.3 is 6.18 Å². The number of alkyl halides is 3. The molecule has 100 valence electrons. The minimum Gasteiger partial charge on any atom is -0.393 e. The summed E-state index contributed by atoms with van der Waals surface area (Å²) in [5.41, 5.74) is -1.82. The maximum atomic E-state index is 12.7. The van der Waals surface area contributed by atoms with Gasteiger partial charge in [-0.1, -0.05) is 13.0 Å². The Kier molecular flexibility index (Phi) is 4.28. The number of nitrogens with zero attached hydrogens (tertiary/aromatic N) is 1. The molecule has 0 spiro atoms. The number of nitro benzene ring substituents is 1. The van der Waals surface area contributed by atoms with E-state index < -0.39 is 28.5 Å². The third kappa shape index (κ3) is 3.43. The standard InChI is InChI=1S/C11H12F3NO3/c1-2-9(16)5-7-3-4-8(15(17)18)6-10(7)11(12,13)14/h3-4,6,9,16H,2,5H2,1H3. The van der Waals surface area contributed by atoms with Gasteiger partial charge in [-0.25, -0.2) is 0 Å². The lowest BCUT2D eigenvalue weighted by atomic mass is 9.99. The summed E-state index contributed by atoms with van der Waals surface area (Å²) in [6.45, 7) is 1.64. The van der Waals surface area contributed by atoms with Gasteiger partial charge in [0, 0.05) is 12.1 Å². The molecule has 0 aromatic heterocycles. The third-order valence-electron chi connectivity index (χ3n) is 2.54. The maximum Gasteiger partial charge on any atom is 0.416 e. The monoisotopic (exact) mass is 263 g/mol. The zero-order valence-corrected chi connectivity index (χ0v) is 9.57. The molecule has 0 heterocycles. The molecule has 0 aliphatic rings. The van der Waals surface area contributed by atoms with E-state index in [2.05, 4.69) is 0 Å². The number of nitro groups is 1. The summed E-state index contributed by atoms with van der Waals surface area (Å²) < 4.78 is 38.2. The van der Waals surface area contributed by atoms with Crippen molar-refractivity contribution in [3.8, 4) is 0 Å². The highest BCUT2D eigenvalue weighted by Crippen LogP contribution is 2.35. The van der Waals surface area contributed by atoms with Crippen molar-refractivity contribution in [2.75, 3.05) is 0 Å². The number of halogens is 3. The summed E-state index contributed by atoms with van der Waals surface area (Å²) in [5, 5.41) is 19.8. The van der Waals surface area contributed by atoms with Crippen molar-refractivity contribution in [3.05, 3.63) is 39.4 Å². The molecular formula is C11H12F3NO3. The van der Waals surface area contributed by atoms with Crippen LogP contribution in [0.5, 0.6) is 0 Å². The van der Waals surface area contributed by atoms with E-state index in [0.717, 1.165) is 12.1 Å². The van der Waals surface area contributed by atoms with Gasteiger partial charge in [0.15, 0.2) is 0 Å². The van der Waals surface area contributed by atoms with Crippen LogP contribution in [-0.4, -0.2) is 16.1 Å². The molecule has 0 aliphatic carbocycles. The average molecular weight is 263 g/mol. The van der Waals surface area contributed by atoms with Gasteiger partial charge in [0.1, 0.15) is 0 Å². The molecule has 1 atom stereocenters. The van der Waals surface area contributed by atoms with E-state index in [0.29, 0.717) is 12.5 Å². The molecule has 1 aromatic carbocycles. The van der Waals surface area contributed by atoms with Gasteiger partial charge in [-0.15, -0.1) is 0 Å². The van der Waals surface area contributed by atoms with Crippen molar-refractivity contribution in [2.45, 2.75) is 32.0 Å². The molecule has 1 unspecified atom stereocenters. The van der Waals surface area contributed by atoms with Crippen LogP contribution in [0.15, 0.2) is 18.2 Å². The van der Waals surface area contributed by atoms with E-state index in [4.69, 9.17) is 0 Å². The zero-order chi connectivity index (χ0) is 13.9. The van der Waals surface area contributed by atoms with E-state index in [9.17, 15) is 28.4 Å². The molecule has 0 radical (unpaired) electrons. The highest BCUT2D eigenvalue weighted by molar-refractivity contribution is 5.41. The lowest BCUT2D eigenvalue weighted by Gasteiger charge is -2.14. The summed E-state index contributed by atoms with van der Waals surface area (Å²) in [7, 11) is 0. The predicted molar refractivity (Wildman–Crippen MR) is 58.1 cm³/mol. The number of aliphatic hydroxyl groups excluding tert-OH is 1. The smallest absolute Gasteiger partial charge is 0.393 e. The Morgan fingerprint density at radius 3 is 2.50 bits per heavy atom. The first-order valence-electron chi connectivity index (χ1n) is 5.28. The topological polar surface area (TPSA) is 63.4 Å². The Hall–Kier alpha value is -1.63. The lowest BCUT2D eigenvalue weighted by Crippen LogP contribution is -2.15. The molecule has 0 bridgehead atoms. The van der Waals surface area contributed by atoms with E-state index in [1.165, 1.54) is 0 Å². The normalized spacial score (nSPS) is 13.4. The average Bonchev–Trinajstić information content (AvgIpc) is 2.27. The van der Waals surface area contributed by atoms with Crippen molar-refractivity contribution in [2.24, 2.45) is 0 Å². The van der Waals surface area contributed by atoms with Gasteiger partial charge < -0.3 is 5.11 Å². The van der Waals surface area contributed by atoms with Crippen molar-refractivity contribution in [3.63, 3.8) is 0 Å². The van der Waals surface area contributed by atoms with Crippen LogP contribution >= 0.6 is 0 Å². The van der Waals surface area contributed by atoms with E-state index >= 15 is 0 Å². The fourth-order valence-electron chi connectivity index (χ4n) is 1.52. The van der Waals surface area contributed by atoms with Crippen LogP contribution in [0.1, 0.15) is 24.5 Å². The number of hydrogen-bond donors (Lipinski definition) is 1. The summed E-state index contributed by atoms with van der Waals surface area (Å²) in [4.78, 5) is 9.58. The van der Waals surface area contributed by atoms with Gasteiger partial charge in [-0.3, -0.25) is 10.1 Å². The number of benzene rings is 1. The largest absolute Gasteiger partial charge is 0.416 e. The number of rotatable bonds is 4. The molecule has 1 aromatic rings. The minimum absolute atomic E-state index is 0.137. The summed E-state index contributed by atoms with van der Waals surface area (Å²) in [5.74, 6) is 0. The maximum absolute atomic E-state index is 12.7. The first-order chi connectivity index (χ1) is 8.25. The first kappa shape index (κ1) is 14.4. The van der Waals surface area contributed by atoms with Crippen LogP contribution in [0.25, 0.3) is 0 Å². The number of non-ortho nitro benzene ring substituents is 1. The van der Waals surface area contributed by atoms with Crippen molar-refractivity contribution >= 4 is 5.69 Å². The second-order valence-electron chi connectivity index (χ2n) is 3.86. The van der Waals surface area contributed by atoms with Crippen molar-refractivity contribution in [1.29, 1.82) is 0 Å². The second kappa shape index (κ2) is 5.34. The number of aliphatic hydroxyl groups is 1. The Morgan fingerprint density at radius 2 is 2.06 bits per heavy atom. The molecule has 0 saturated heterocycles. The summed E-state index contributed by atoms with van der Waals surface area (Å²) >= 11 is 0. The molecule has 0 saturated carbocycles. The van der Waals surface area contributed by atoms with Gasteiger partial charge in [0.25, 0.3) is 5.69 Å². The van der Waals surface area contributed by atoms with Crippen LogP contribution in [0.2, 0.25) is 0 Å². The molecule has 1 rings (SSSR count). The van der Waals surface area contributed by atoms with Crippen LogP contribution in [0.4, 0.5) is 18.9 Å². The van der Waals surface area contributed by atoms with Crippen LogP contribution in [-0.2, 0) is 12.6 Å². The Labute approximate surface area is 101 Å².